The molecular formula is C9H9. The van der Waals surface area contributed by atoms with Gasteiger partial charge in [-0.15, -0.1) is 0 Å². The molecule has 0 amide bonds. The van der Waals surface area contributed by atoms with Gasteiger partial charge in [0.25, 0.3) is 0 Å². The minimum absolute atomic E-state index is 1.20. The molecule has 0 N–H and O–H groups in total. The third kappa shape index (κ3) is 1.73. The van der Waals surface area contributed by atoms with Crippen LogP contribution in [0.3, 0.4) is 0 Å². The Hall–Kier alpha value is -1.04. The van der Waals surface area contributed by atoms with Crippen LogP contribution < -0.4 is 0 Å². The molecule has 9 heavy (non-hydrogen) atoms. The second kappa shape index (κ2) is 3.08. The summed E-state index contributed by atoms with van der Waals surface area (Å²) >= 11 is 0. The van der Waals surface area contributed by atoms with Crippen molar-refractivity contribution in [2.75, 3.05) is 0 Å². The molecule has 0 heterocycles. The molecule has 1 radical (unpaired) electrons. The van der Waals surface area contributed by atoms with Gasteiger partial charge in [0.05, 0.1) is 0 Å². The van der Waals surface area contributed by atoms with E-state index in [0.29, 0.717) is 0 Å². The topological polar surface area (TPSA) is 0 Å². The lowest BCUT2D eigenvalue weighted by molar-refractivity contribution is 1.66. The lowest BCUT2D eigenvalue weighted by Gasteiger charge is -1.86. The van der Waals surface area contributed by atoms with Crippen molar-refractivity contribution in [2.45, 2.75) is 0 Å². The molecule has 1 aromatic carbocycles. The van der Waals surface area contributed by atoms with Crippen molar-refractivity contribution in [2.24, 2.45) is 0 Å². The van der Waals surface area contributed by atoms with Gasteiger partial charge in [0, 0.05) is 0 Å². The molecule has 0 fully saturated rings. The van der Waals surface area contributed by atoms with Crippen molar-refractivity contribution in [3.8, 4) is 0 Å². The van der Waals surface area contributed by atoms with Gasteiger partial charge in [0.15, 0.2) is 0 Å². The van der Waals surface area contributed by atoms with E-state index >= 15 is 0 Å². The van der Waals surface area contributed by atoms with Crippen LogP contribution in [0.5, 0.6) is 0 Å². The second-order valence-corrected chi connectivity index (χ2v) is 1.81. The van der Waals surface area contributed by atoms with Gasteiger partial charge in [0.1, 0.15) is 0 Å². The molecule has 0 nitrogen and oxygen atoms in total. The van der Waals surface area contributed by atoms with E-state index in [0.717, 1.165) is 0 Å². The summed E-state index contributed by atoms with van der Waals surface area (Å²) in [5.41, 5.74) is 1.20. The summed E-state index contributed by atoms with van der Waals surface area (Å²) in [6, 6.07) is 10.1. The van der Waals surface area contributed by atoms with Crippen LogP contribution in [0, 0.1) is 6.92 Å². The van der Waals surface area contributed by atoms with Crippen LogP contribution in [0.2, 0.25) is 0 Å². The molecule has 0 aromatic heterocycles. The quantitative estimate of drug-likeness (QED) is 0.530. The van der Waals surface area contributed by atoms with Gasteiger partial charge in [-0.05, 0) is 12.5 Å². The van der Waals surface area contributed by atoms with Gasteiger partial charge in [-0.3, -0.25) is 0 Å². The fourth-order valence-corrected chi connectivity index (χ4v) is 0.700. The zero-order chi connectivity index (χ0) is 6.53. The first-order valence-corrected chi connectivity index (χ1v) is 2.94. The predicted molar refractivity (Wildman–Crippen MR) is 40.8 cm³/mol. The number of rotatable bonds is 1. The van der Waals surface area contributed by atoms with E-state index in [1.165, 1.54) is 5.56 Å². The van der Waals surface area contributed by atoms with E-state index in [1.807, 2.05) is 36.4 Å². The molecular weight excluding hydrogens is 108 g/mol. The van der Waals surface area contributed by atoms with Crippen LogP contribution in [-0.2, 0) is 0 Å². The average Bonchev–Trinajstić information content (AvgIpc) is 1.91. The monoisotopic (exact) mass is 117 g/mol. The Bertz CT molecular complexity index is 184. The Morgan fingerprint density at radius 2 is 1.78 bits per heavy atom. The van der Waals surface area contributed by atoms with E-state index in [1.54, 1.807) is 6.08 Å². The molecule has 0 saturated heterocycles. The van der Waals surface area contributed by atoms with Crippen LogP contribution in [0.25, 0.3) is 6.08 Å². The molecule has 0 atom stereocenters. The van der Waals surface area contributed by atoms with Crippen molar-refractivity contribution < 1.29 is 0 Å². The van der Waals surface area contributed by atoms with E-state index in [-0.39, 0.29) is 0 Å². The lowest BCUT2D eigenvalue weighted by Crippen LogP contribution is -1.65. The molecule has 0 unspecified atom stereocenters. The van der Waals surface area contributed by atoms with Crippen LogP contribution in [0.4, 0.5) is 0 Å². The summed E-state index contributed by atoms with van der Waals surface area (Å²) in [5.74, 6) is 0. The highest BCUT2D eigenvalue weighted by molar-refractivity contribution is 5.48. The van der Waals surface area contributed by atoms with Crippen molar-refractivity contribution in [1.29, 1.82) is 0 Å². The van der Waals surface area contributed by atoms with Crippen molar-refractivity contribution >= 4 is 6.08 Å². The molecule has 0 saturated carbocycles. The molecule has 0 aliphatic heterocycles. The number of allylic oxidation sites excluding steroid dienone is 1. The number of hydrogen-bond donors (Lipinski definition) is 0. The Morgan fingerprint density at radius 1 is 1.11 bits per heavy atom. The maximum absolute atomic E-state index is 3.60. The average molecular weight is 117 g/mol. The van der Waals surface area contributed by atoms with Gasteiger partial charge >= 0.3 is 0 Å². The van der Waals surface area contributed by atoms with Gasteiger partial charge in [-0.1, -0.05) is 42.5 Å². The molecule has 0 bridgehead atoms. The fraction of sp³-hybridized carbons (Fsp3) is 0. The molecule has 0 spiro atoms. The van der Waals surface area contributed by atoms with Crippen LogP contribution >= 0.6 is 0 Å². The summed E-state index contributed by atoms with van der Waals surface area (Å²) in [6.07, 6.45) is 3.76. The highest BCUT2D eigenvalue weighted by Gasteiger charge is 1.77. The summed E-state index contributed by atoms with van der Waals surface area (Å²) in [6.45, 7) is 3.60. The van der Waals surface area contributed by atoms with E-state index in [2.05, 4.69) is 6.92 Å². The van der Waals surface area contributed by atoms with Gasteiger partial charge in [0.2, 0.25) is 0 Å². The Morgan fingerprint density at radius 3 is 2.33 bits per heavy atom. The number of hydrogen-bond acceptors (Lipinski definition) is 0. The van der Waals surface area contributed by atoms with Crippen molar-refractivity contribution in [3.05, 3.63) is 48.9 Å². The molecule has 1 aromatic rings. The maximum Gasteiger partial charge on any atom is -0.0260 e. The lowest BCUT2D eigenvalue weighted by atomic mass is 10.2. The number of benzene rings is 1. The minimum atomic E-state index is 1.20. The molecule has 0 heteroatoms. The summed E-state index contributed by atoms with van der Waals surface area (Å²) in [5, 5.41) is 0. The third-order valence-corrected chi connectivity index (χ3v) is 1.11. The maximum atomic E-state index is 3.60. The zero-order valence-electron chi connectivity index (χ0n) is 5.25. The molecule has 1 rings (SSSR count). The predicted octanol–water partition coefficient (Wildman–Crippen LogP) is 2.53. The highest BCUT2D eigenvalue weighted by Crippen LogP contribution is 1.99. The van der Waals surface area contributed by atoms with Gasteiger partial charge in [-0.2, -0.15) is 0 Å². The molecule has 0 aliphatic carbocycles. The first kappa shape index (κ1) is 6.09. The van der Waals surface area contributed by atoms with Crippen LogP contribution in [-0.4, -0.2) is 0 Å². The van der Waals surface area contributed by atoms with E-state index in [9.17, 15) is 0 Å². The van der Waals surface area contributed by atoms with Crippen molar-refractivity contribution in [3.63, 3.8) is 0 Å². The van der Waals surface area contributed by atoms with Crippen molar-refractivity contribution in [1.82, 2.24) is 0 Å². The Balaban J connectivity index is 2.85. The van der Waals surface area contributed by atoms with Crippen LogP contribution in [0.1, 0.15) is 5.56 Å². The van der Waals surface area contributed by atoms with Gasteiger partial charge in [-0.25, -0.2) is 0 Å². The van der Waals surface area contributed by atoms with Crippen LogP contribution in [0.15, 0.2) is 36.4 Å². The van der Waals surface area contributed by atoms with E-state index in [4.69, 9.17) is 0 Å². The normalized spacial score (nSPS) is 10.3. The first-order chi connectivity index (χ1) is 4.43. The fourth-order valence-electron chi connectivity index (χ4n) is 0.700. The first-order valence-electron chi connectivity index (χ1n) is 2.94. The zero-order valence-corrected chi connectivity index (χ0v) is 5.25. The largest absolute Gasteiger partial charge is 0.0836 e. The standard InChI is InChI=1S/C9H9/c1-2-6-9-7-4-3-5-8-9/h2-8H,1H2/b6-2-. The summed E-state index contributed by atoms with van der Waals surface area (Å²) in [4.78, 5) is 0. The second-order valence-electron chi connectivity index (χ2n) is 1.81. The minimum Gasteiger partial charge on any atom is -0.0836 e. The smallest absolute Gasteiger partial charge is 0.0260 e. The molecule has 45 valence electrons. The highest BCUT2D eigenvalue weighted by atomic mass is 13.8. The SMILES string of the molecule is [CH2]/C=C\c1ccccc1. The summed E-state index contributed by atoms with van der Waals surface area (Å²) < 4.78 is 0. The van der Waals surface area contributed by atoms with Gasteiger partial charge < -0.3 is 0 Å². The Kier molecular flexibility index (Phi) is 2.08. The Labute approximate surface area is 55.8 Å². The van der Waals surface area contributed by atoms with E-state index < -0.39 is 0 Å². The third-order valence-electron chi connectivity index (χ3n) is 1.11. The summed E-state index contributed by atoms with van der Waals surface area (Å²) in [7, 11) is 0. The molecule has 0 aliphatic rings.